The van der Waals surface area contributed by atoms with E-state index >= 15 is 0 Å². The van der Waals surface area contributed by atoms with E-state index in [0.29, 0.717) is 5.82 Å². The maximum Gasteiger partial charge on any atom is 0.293 e. The van der Waals surface area contributed by atoms with Gasteiger partial charge in [0.15, 0.2) is 0 Å². The Labute approximate surface area is 77.3 Å². The molecule has 0 fully saturated rings. The third kappa shape index (κ3) is 1.68. The van der Waals surface area contributed by atoms with E-state index in [0.717, 1.165) is 0 Å². The molecule has 0 radical (unpaired) electrons. The van der Waals surface area contributed by atoms with Gasteiger partial charge in [-0.1, -0.05) is 18.1 Å². The van der Waals surface area contributed by atoms with Gasteiger partial charge < -0.3 is 9.69 Å². The largest absolute Gasteiger partial charge is 0.373 e. The van der Waals surface area contributed by atoms with Crippen LogP contribution in [0.25, 0.3) is 9.69 Å². The molecule has 0 saturated heterocycles. The van der Waals surface area contributed by atoms with Gasteiger partial charge in [-0.15, -0.1) is 0 Å². The number of hydrogen-bond donors (Lipinski definition) is 1. The Morgan fingerprint density at radius 3 is 2.15 bits per heavy atom. The van der Waals surface area contributed by atoms with Crippen molar-refractivity contribution in [3.05, 3.63) is 28.7 Å². The molecule has 4 heteroatoms. The van der Waals surface area contributed by atoms with Crippen LogP contribution in [0.5, 0.6) is 0 Å². The molecule has 1 N–H and O–H groups in total. The minimum atomic E-state index is -0.150. The molecular formula is C9H10N4. The topological polar surface area (TPSA) is 37.4 Å². The normalized spacial score (nSPS) is 10.5. The number of imidazole rings is 1. The first-order chi connectivity index (χ1) is 5.99. The summed E-state index contributed by atoms with van der Waals surface area (Å²) in [5.41, 5.74) is -0.150. The van der Waals surface area contributed by atoms with Crippen LogP contribution in [0.2, 0.25) is 0 Å². The molecule has 0 aliphatic carbocycles. The monoisotopic (exact) mass is 174 g/mol. The lowest BCUT2D eigenvalue weighted by Crippen LogP contribution is -2.12. The summed E-state index contributed by atoms with van der Waals surface area (Å²) in [4.78, 5) is 13.3. The van der Waals surface area contributed by atoms with Crippen LogP contribution >= 0.6 is 0 Å². The van der Waals surface area contributed by atoms with Gasteiger partial charge in [-0.3, -0.25) is 4.98 Å². The quantitative estimate of drug-likeness (QED) is 0.603. The van der Waals surface area contributed by atoms with Crippen LogP contribution in [0, 0.1) is 13.1 Å². The summed E-state index contributed by atoms with van der Waals surface area (Å²) in [6.45, 7) is 19.6. The van der Waals surface area contributed by atoms with Gasteiger partial charge in [0, 0.05) is 0 Å². The highest BCUT2D eigenvalue weighted by Crippen LogP contribution is 2.29. The molecule has 0 atom stereocenters. The van der Waals surface area contributed by atoms with Crippen molar-refractivity contribution < 1.29 is 0 Å². The first kappa shape index (κ1) is 9.28. The minimum Gasteiger partial charge on any atom is -0.373 e. The Morgan fingerprint density at radius 2 is 1.85 bits per heavy atom. The lowest BCUT2D eigenvalue weighted by molar-refractivity contribution is 0.553. The van der Waals surface area contributed by atoms with Crippen molar-refractivity contribution >= 4 is 11.6 Å². The molecule has 0 amide bonds. The van der Waals surface area contributed by atoms with E-state index in [9.17, 15) is 0 Å². The second-order valence-corrected chi connectivity index (χ2v) is 3.73. The predicted molar refractivity (Wildman–Crippen MR) is 49.8 cm³/mol. The maximum absolute atomic E-state index is 6.82. The van der Waals surface area contributed by atoms with Crippen molar-refractivity contribution in [2.45, 2.75) is 26.2 Å². The SMILES string of the molecule is [C-]#[N+]c1nc(C(C)(C)C)[nH]c1[N+]#[C-]. The Morgan fingerprint density at radius 1 is 1.23 bits per heavy atom. The zero-order valence-corrected chi connectivity index (χ0v) is 7.84. The highest BCUT2D eigenvalue weighted by Gasteiger charge is 2.26. The standard InChI is InChI=1S/C9H10N4/c1-9(2,3)8-12-6(10-4)7(11-5)13-8/h1-3H3,(H,12,13). The molecule has 0 aromatic carbocycles. The molecule has 0 aliphatic rings. The Balaban J connectivity index is 3.26. The fourth-order valence-corrected chi connectivity index (χ4v) is 0.866. The van der Waals surface area contributed by atoms with Gasteiger partial charge in [-0.25, -0.2) is 0 Å². The van der Waals surface area contributed by atoms with E-state index in [2.05, 4.69) is 19.7 Å². The Hall–Kier alpha value is -1.81. The molecule has 1 rings (SSSR count). The van der Waals surface area contributed by atoms with Crippen LogP contribution in [-0.4, -0.2) is 9.97 Å². The van der Waals surface area contributed by atoms with Crippen molar-refractivity contribution in [2.24, 2.45) is 0 Å². The number of aromatic nitrogens is 2. The van der Waals surface area contributed by atoms with Crippen molar-refractivity contribution in [3.8, 4) is 0 Å². The second kappa shape index (κ2) is 2.91. The third-order valence-electron chi connectivity index (χ3n) is 1.59. The van der Waals surface area contributed by atoms with Crippen molar-refractivity contribution in [2.75, 3.05) is 0 Å². The van der Waals surface area contributed by atoms with Crippen LogP contribution in [0.4, 0.5) is 11.6 Å². The van der Waals surface area contributed by atoms with Gasteiger partial charge in [0.25, 0.3) is 17.5 Å². The molecule has 0 saturated carbocycles. The van der Waals surface area contributed by atoms with Crippen LogP contribution in [0.3, 0.4) is 0 Å². The smallest absolute Gasteiger partial charge is 0.293 e. The first-order valence-corrected chi connectivity index (χ1v) is 3.84. The fourth-order valence-electron chi connectivity index (χ4n) is 0.866. The molecule has 0 bridgehead atoms. The second-order valence-electron chi connectivity index (χ2n) is 3.73. The van der Waals surface area contributed by atoms with Crippen molar-refractivity contribution in [1.82, 2.24) is 9.97 Å². The summed E-state index contributed by atoms with van der Waals surface area (Å²) in [5, 5.41) is 0. The molecule has 0 aliphatic heterocycles. The number of rotatable bonds is 0. The van der Waals surface area contributed by atoms with Gasteiger partial charge in [0.2, 0.25) is 0 Å². The fraction of sp³-hybridized carbons (Fsp3) is 0.444. The van der Waals surface area contributed by atoms with Gasteiger partial charge in [0.05, 0.1) is 5.41 Å². The summed E-state index contributed by atoms with van der Waals surface area (Å²) in [6.07, 6.45) is 0. The molecule has 1 aromatic rings. The average molecular weight is 174 g/mol. The predicted octanol–water partition coefficient (Wildman–Crippen LogP) is 2.81. The summed E-state index contributed by atoms with van der Waals surface area (Å²) in [5.74, 6) is 1.09. The molecule has 1 heterocycles. The number of hydrogen-bond acceptors (Lipinski definition) is 1. The molecule has 66 valence electrons. The number of aromatic amines is 1. The number of H-pyrrole nitrogens is 1. The van der Waals surface area contributed by atoms with Crippen molar-refractivity contribution in [1.29, 1.82) is 0 Å². The molecule has 13 heavy (non-hydrogen) atoms. The van der Waals surface area contributed by atoms with Crippen LogP contribution in [-0.2, 0) is 5.41 Å². The van der Waals surface area contributed by atoms with Gasteiger partial charge in [-0.2, -0.15) is 0 Å². The molecule has 0 spiro atoms. The third-order valence-corrected chi connectivity index (χ3v) is 1.59. The lowest BCUT2D eigenvalue weighted by atomic mass is 9.96. The summed E-state index contributed by atoms with van der Waals surface area (Å²) < 4.78 is 0. The minimum absolute atomic E-state index is 0.150. The molecule has 0 unspecified atom stereocenters. The Kier molecular flexibility index (Phi) is 2.08. The van der Waals surface area contributed by atoms with Crippen molar-refractivity contribution in [3.63, 3.8) is 0 Å². The van der Waals surface area contributed by atoms with E-state index in [-0.39, 0.29) is 17.1 Å². The summed E-state index contributed by atoms with van der Waals surface area (Å²) in [6, 6.07) is 0. The van der Waals surface area contributed by atoms with E-state index in [1.165, 1.54) is 0 Å². The van der Waals surface area contributed by atoms with Crippen LogP contribution in [0.1, 0.15) is 26.6 Å². The zero-order valence-electron chi connectivity index (χ0n) is 7.84. The van der Waals surface area contributed by atoms with E-state index in [4.69, 9.17) is 13.1 Å². The van der Waals surface area contributed by atoms with E-state index < -0.39 is 0 Å². The van der Waals surface area contributed by atoms with Gasteiger partial charge in [-0.05, 0) is 20.8 Å². The van der Waals surface area contributed by atoms with Gasteiger partial charge >= 0.3 is 0 Å². The van der Waals surface area contributed by atoms with E-state index in [1.807, 2.05) is 20.8 Å². The van der Waals surface area contributed by atoms with Crippen LogP contribution in [0.15, 0.2) is 0 Å². The van der Waals surface area contributed by atoms with Crippen LogP contribution < -0.4 is 0 Å². The van der Waals surface area contributed by atoms with E-state index in [1.54, 1.807) is 0 Å². The molecule has 4 nitrogen and oxygen atoms in total. The summed E-state index contributed by atoms with van der Waals surface area (Å²) >= 11 is 0. The highest BCUT2D eigenvalue weighted by atomic mass is 15.1. The lowest BCUT2D eigenvalue weighted by Gasteiger charge is -2.07. The van der Waals surface area contributed by atoms with Gasteiger partial charge in [0.1, 0.15) is 0 Å². The average Bonchev–Trinajstić information content (AvgIpc) is 2.45. The highest BCUT2D eigenvalue weighted by molar-refractivity contribution is 5.62. The molecular weight excluding hydrogens is 164 g/mol. The zero-order chi connectivity index (χ0) is 10.1. The number of nitrogens with zero attached hydrogens (tertiary/aromatic N) is 3. The maximum atomic E-state index is 6.82. The number of nitrogens with one attached hydrogen (secondary N) is 1. The first-order valence-electron chi connectivity index (χ1n) is 3.84. The molecule has 1 aromatic heterocycles. The summed E-state index contributed by atoms with van der Waals surface area (Å²) in [7, 11) is 0. The Bertz CT molecular complexity index is 363.